The highest BCUT2D eigenvalue weighted by Crippen LogP contribution is 2.26. The zero-order valence-corrected chi connectivity index (χ0v) is 11.7. The maximum absolute atomic E-state index is 5.90. The molecule has 0 N–H and O–H groups in total. The molecule has 3 nitrogen and oxygen atoms in total. The first kappa shape index (κ1) is 12.1. The number of aryl methyl sites for hydroxylation is 2. The van der Waals surface area contributed by atoms with E-state index >= 15 is 0 Å². The van der Waals surface area contributed by atoms with Gasteiger partial charge in [-0.2, -0.15) is 0 Å². The summed E-state index contributed by atoms with van der Waals surface area (Å²) in [6.45, 7) is 4.48. The topological polar surface area (TPSA) is 35.0 Å². The standard InChI is InChI=1S/C15H14N2OS/c1-10-7-15(13-5-3-4-6-14(13)16-10)18-8-12-9-19-11(2)17-12/h3-7,9H,8H2,1-2H3. The number of aromatic nitrogens is 2. The molecule has 0 aliphatic rings. The van der Waals surface area contributed by atoms with Crippen LogP contribution in [0, 0.1) is 13.8 Å². The molecular formula is C15H14N2OS. The van der Waals surface area contributed by atoms with Gasteiger partial charge in [-0.15, -0.1) is 11.3 Å². The third kappa shape index (κ3) is 2.58. The van der Waals surface area contributed by atoms with Crippen molar-refractivity contribution in [2.45, 2.75) is 20.5 Å². The highest BCUT2D eigenvalue weighted by molar-refractivity contribution is 7.09. The van der Waals surface area contributed by atoms with Gasteiger partial charge in [0.2, 0.25) is 0 Å². The van der Waals surface area contributed by atoms with E-state index < -0.39 is 0 Å². The molecule has 2 aromatic heterocycles. The number of ether oxygens (including phenoxy) is 1. The summed E-state index contributed by atoms with van der Waals surface area (Å²) < 4.78 is 5.90. The lowest BCUT2D eigenvalue weighted by atomic mass is 10.2. The number of hydrogen-bond acceptors (Lipinski definition) is 4. The second-order valence-electron chi connectivity index (χ2n) is 4.43. The summed E-state index contributed by atoms with van der Waals surface area (Å²) in [5, 5.41) is 4.14. The van der Waals surface area contributed by atoms with E-state index in [9.17, 15) is 0 Å². The van der Waals surface area contributed by atoms with Crippen LogP contribution in [0.2, 0.25) is 0 Å². The Hall–Kier alpha value is -1.94. The average molecular weight is 270 g/mol. The number of para-hydroxylation sites is 1. The minimum absolute atomic E-state index is 0.498. The van der Waals surface area contributed by atoms with Gasteiger partial charge in [0.1, 0.15) is 12.4 Å². The second kappa shape index (κ2) is 4.97. The van der Waals surface area contributed by atoms with Crippen LogP contribution in [0.15, 0.2) is 35.7 Å². The summed E-state index contributed by atoms with van der Waals surface area (Å²) >= 11 is 1.64. The molecule has 1 aromatic carbocycles. The molecule has 2 heterocycles. The minimum atomic E-state index is 0.498. The quantitative estimate of drug-likeness (QED) is 0.724. The summed E-state index contributed by atoms with van der Waals surface area (Å²) in [6.07, 6.45) is 0. The Morgan fingerprint density at radius 2 is 2.00 bits per heavy atom. The first-order valence-electron chi connectivity index (χ1n) is 6.12. The van der Waals surface area contributed by atoms with Crippen molar-refractivity contribution < 1.29 is 4.74 Å². The van der Waals surface area contributed by atoms with Crippen LogP contribution in [0.1, 0.15) is 16.4 Å². The molecule has 0 spiro atoms. The predicted molar refractivity (Wildman–Crippen MR) is 77.7 cm³/mol. The summed E-state index contributed by atoms with van der Waals surface area (Å²) in [5.74, 6) is 0.869. The van der Waals surface area contributed by atoms with Gasteiger partial charge in [-0.05, 0) is 26.0 Å². The molecule has 3 rings (SSSR count). The molecule has 0 aliphatic carbocycles. The maximum atomic E-state index is 5.90. The number of nitrogens with zero attached hydrogens (tertiary/aromatic N) is 2. The summed E-state index contributed by atoms with van der Waals surface area (Å²) in [6, 6.07) is 9.99. The molecule has 0 saturated carbocycles. The van der Waals surface area contributed by atoms with Gasteiger partial charge in [-0.1, -0.05) is 12.1 Å². The van der Waals surface area contributed by atoms with Crippen LogP contribution < -0.4 is 4.74 Å². The van der Waals surface area contributed by atoms with Crippen LogP contribution >= 0.6 is 11.3 Å². The third-order valence-electron chi connectivity index (χ3n) is 2.85. The molecule has 0 unspecified atom stereocenters. The first-order chi connectivity index (χ1) is 9.22. The third-order valence-corrected chi connectivity index (χ3v) is 3.67. The fourth-order valence-corrected chi connectivity index (χ4v) is 2.61. The monoisotopic (exact) mass is 270 g/mol. The van der Waals surface area contributed by atoms with Crippen molar-refractivity contribution in [1.82, 2.24) is 9.97 Å². The van der Waals surface area contributed by atoms with Gasteiger partial charge in [0.25, 0.3) is 0 Å². The summed E-state index contributed by atoms with van der Waals surface area (Å²) in [4.78, 5) is 8.91. The van der Waals surface area contributed by atoms with Gasteiger partial charge in [-0.3, -0.25) is 4.98 Å². The summed E-state index contributed by atoms with van der Waals surface area (Å²) in [7, 11) is 0. The number of pyridine rings is 1. The largest absolute Gasteiger partial charge is 0.486 e. The van der Waals surface area contributed by atoms with E-state index in [1.54, 1.807) is 11.3 Å². The van der Waals surface area contributed by atoms with Crippen LogP contribution in [0.3, 0.4) is 0 Å². The van der Waals surface area contributed by atoms with Gasteiger partial charge in [0, 0.05) is 22.5 Å². The molecule has 3 aromatic rings. The highest BCUT2D eigenvalue weighted by Gasteiger charge is 2.06. The maximum Gasteiger partial charge on any atom is 0.131 e. The number of hydrogen-bond donors (Lipinski definition) is 0. The van der Waals surface area contributed by atoms with Crippen LogP contribution in [0.4, 0.5) is 0 Å². The fraction of sp³-hybridized carbons (Fsp3) is 0.200. The highest BCUT2D eigenvalue weighted by atomic mass is 32.1. The number of rotatable bonds is 3. The van der Waals surface area contributed by atoms with Crippen LogP contribution in [0.5, 0.6) is 5.75 Å². The summed E-state index contributed by atoms with van der Waals surface area (Å²) in [5.41, 5.74) is 2.90. The van der Waals surface area contributed by atoms with Gasteiger partial charge in [0.05, 0.1) is 16.2 Å². The molecule has 96 valence electrons. The normalized spacial score (nSPS) is 10.8. The molecule has 19 heavy (non-hydrogen) atoms. The molecule has 4 heteroatoms. The van der Waals surface area contributed by atoms with Gasteiger partial charge in [0.15, 0.2) is 0 Å². The minimum Gasteiger partial charge on any atom is -0.486 e. The molecule has 0 atom stereocenters. The molecule has 0 aliphatic heterocycles. The molecular weight excluding hydrogens is 256 g/mol. The van der Waals surface area contributed by atoms with E-state index in [-0.39, 0.29) is 0 Å². The Morgan fingerprint density at radius 3 is 2.79 bits per heavy atom. The zero-order chi connectivity index (χ0) is 13.2. The smallest absolute Gasteiger partial charge is 0.131 e. The lowest BCUT2D eigenvalue weighted by molar-refractivity contribution is 0.305. The first-order valence-corrected chi connectivity index (χ1v) is 7.00. The van der Waals surface area contributed by atoms with E-state index in [0.717, 1.165) is 33.0 Å². The lowest BCUT2D eigenvalue weighted by Gasteiger charge is -2.09. The second-order valence-corrected chi connectivity index (χ2v) is 5.49. The van der Waals surface area contributed by atoms with Crippen molar-refractivity contribution in [2.24, 2.45) is 0 Å². The van der Waals surface area contributed by atoms with Crippen LogP contribution in [0.25, 0.3) is 10.9 Å². The molecule has 0 radical (unpaired) electrons. The lowest BCUT2D eigenvalue weighted by Crippen LogP contribution is -1.98. The Balaban J connectivity index is 1.91. The Kier molecular flexibility index (Phi) is 3.17. The van der Waals surface area contributed by atoms with Gasteiger partial charge >= 0.3 is 0 Å². The van der Waals surface area contributed by atoms with Gasteiger partial charge in [-0.25, -0.2) is 4.98 Å². The van der Waals surface area contributed by atoms with E-state index in [0.29, 0.717) is 6.61 Å². The van der Waals surface area contributed by atoms with Crippen molar-refractivity contribution in [3.63, 3.8) is 0 Å². The van der Waals surface area contributed by atoms with Crippen molar-refractivity contribution in [1.29, 1.82) is 0 Å². The fourth-order valence-electron chi connectivity index (χ4n) is 2.01. The van der Waals surface area contributed by atoms with Gasteiger partial charge < -0.3 is 4.74 Å². The van der Waals surface area contributed by atoms with Crippen molar-refractivity contribution in [3.8, 4) is 5.75 Å². The van der Waals surface area contributed by atoms with E-state index in [1.165, 1.54) is 0 Å². The Morgan fingerprint density at radius 1 is 1.16 bits per heavy atom. The SMILES string of the molecule is Cc1cc(OCc2csc(C)n2)c2ccccc2n1. The predicted octanol–water partition coefficient (Wildman–Crippen LogP) is 3.89. The molecule has 0 saturated heterocycles. The average Bonchev–Trinajstić information content (AvgIpc) is 2.81. The van der Waals surface area contributed by atoms with E-state index in [2.05, 4.69) is 9.97 Å². The zero-order valence-electron chi connectivity index (χ0n) is 10.9. The van der Waals surface area contributed by atoms with Crippen LogP contribution in [-0.2, 0) is 6.61 Å². The number of fused-ring (bicyclic) bond motifs is 1. The van der Waals surface area contributed by atoms with Crippen LogP contribution in [-0.4, -0.2) is 9.97 Å². The Bertz CT molecular complexity index is 721. The number of benzene rings is 1. The Labute approximate surface area is 115 Å². The molecule has 0 fully saturated rings. The van der Waals surface area contributed by atoms with E-state index in [1.807, 2.05) is 49.6 Å². The van der Waals surface area contributed by atoms with E-state index in [4.69, 9.17) is 4.74 Å². The van der Waals surface area contributed by atoms with Crippen molar-refractivity contribution >= 4 is 22.2 Å². The molecule has 0 amide bonds. The van der Waals surface area contributed by atoms with Crippen molar-refractivity contribution in [3.05, 3.63) is 52.1 Å². The van der Waals surface area contributed by atoms with Crippen molar-refractivity contribution in [2.75, 3.05) is 0 Å². The molecule has 0 bridgehead atoms. The number of thiazole rings is 1.